The Morgan fingerprint density at radius 1 is 1.11 bits per heavy atom. The lowest BCUT2D eigenvalue weighted by Gasteiger charge is -2.13. The van der Waals surface area contributed by atoms with Gasteiger partial charge in [0.15, 0.2) is 11.0 Å². The van der Waals surface area contributed by atoms with Crippen LogP contribution in [0.3, 0.4) is 0 Å². The summed E-state index contributed by atoms with van der Waals surface area (Å²) < 4.78 is 2.00. The van der Waals surface area contributed by atoms with Crippen LogP contribution in [0.4, 0.5) is 5.69 Å². The second-order valence-corrected chi connectivity index (χ2v) is 7.30. The van der Waals surface area contributed by atoms with Crippen LogP contribution in [0.15, 0.2) is 59.8 Å². The Kier molecular flexibility index (Phi) is 6.10. The molecule has 28 heavy (non-hydrogen) atoms. The summed E-state index contributed by atoms with van der Waals surface area (Å²) in [6.45, 7) is 4.08. The fourth-order valence-electron chi connectivity index (χ4n) is 2.68. The Morgan fingerprint density at radius 3 is 2.54 bits per heavy atom. The van der Waals surface area contributed by atoms with Crippen molar-refractivity contribution in [3.63, 3.8) is 0 Å². The number of carbonyl (C=O) groups excluding carboxylic acids is 1. The number of carbonyl (C=O) groups is 2. The molecule has 0 aliphatic heterocycles. The van der Waals surface area contributed by atoms with Gasteiger partial charge in [0.05, 0.1) is 11.3 Å². The topological polar surface area (TPSA) is 97.1 Å². The van der Waals surface area contributed by atoms with E-state index in [0.717, 1.165) is 11.4 Å². The first-order valence-electron chi connectivity index (χ1n) is 8.72. The maximum atomic E-state index is 12.3. The lowest BCUT2D eigenvalue weighted by molar-refractivity contribution is -0.113. The summed E-state index contributed by atoms with van der Waals surface area (Å²) in [5, 5.41) is 21.0. The van der Waals surface area contributed by atoms with Crippen LogP contribution in [0.2, 0.25) is 0 Å². The highest BCUT2D eigenvalue weighted by Crippen LogP contribution is 2.27. The van der Waals surface area contributed by atoms with Gasteiger partial charge in [-0.05, 0) is 32.0 Å². The van der Waals surface area contributed by atoms with Crippen LogP contribution in [0.25, 0.3) is 11.4 Å². The van der Waals surface area contributed by atoms with Gasteiger partial charge in [-0.15, -0.1) is 10.2 Å². The summed E-state index contributed by atoms with van der Waals surface area (Å²) in [5.74, 6) is -0.388. The molecule has 0 spiro atoms. The fourth-order valence-corrected chi connectivity index (χ4v) is 3.55. The molecular formula is C20H20N4O3S. The number of anilines is 1. The van der Waals surface area contributed by atoms with Gasteiger partial charge in [0, 0.05) is 17.3 Å². The first-order valence-corrected chi connectivity index (χ1v) is 9.70. The van der Waals surface area contributed by atoms with Gasteiger partial charge in [-0.3, -0.25) is 9.36 Å². The van der Waals surface area contributed by atoms with Crippen molar-refractivity contribution in [1.29, 1.82) is 0 Å². The molecule has 7 nitrogen and oxygen atoms in total. The zero-order valence-electron chi connectivity index (χ0n) is 15.5. The maximum absolute atomic E-state index is 12.3. The molecule has 1 aromatic heterocycles. The number of aromatic nitrogens is 3. The van der Waals surface area contributed by atoms with Gasteiger partial charge < -0.3 is 10.4 Å². The average molecular weight is 396 g/mol. The average Bonchev–Trinajstić information content (AvgIpc) is 3.11. The Balaban J connectivity index is 1.71. The third-order valence-electron chi connectivity index (χ3n) is 3.94. The standard InChI is InChI=1S/C20H20N4O3S/c1-13(2)24-18(14-7-4-3-5-8-14)22-23-20(24)28-12-17(25)21-16-10-6-9-15(11-16)19(26)27/h3-11,13H,12H2,1-2H3,(H,21,25)(H,26,27). The van der Waals surface area contributed by atoms with Crippen LogP contribution in [0.1, 0.15) is 30.2 Å². The van der Waals surface area contributed by atoms with E-state index in [0.29, 0.717) is 10.8 Å². The number of benzene rings is 2. The van der Waals surface area contributed by atoms with E-state index in [1.807, 2.05) is 48.7 Å². The van der Waals surface area contributed by atoms with Crippen LogP contribution in [0.5, 0.6) is 0 Å². The molecule has 0 bridgehead atoms. The van der Waals surface area contributed by atoms with Crippen LogP contribution in [0, 0.1) is 0 Å². The molecule has 0 atom stereocenters. The predicted octanol–water partition coefficient (Wildman–Crippen LogP) is 3.96. The largest absolute Gasteiger partial charge is 0.478 e. The van der Waals surface area contributed by atoms with Gasteiger partial charge in [-0.25, -0.2) is 4.79 Å². The molecule has 2 aromatic carbocycles. The molecule has 0 radical (unpaired) electrons. The number of hydrogen-bond donors (Lipinski definition) is 2. The van der Waals surface area contributed by atoms with Crippen LogP contribution >= 0.6 is 11.8 Å². The van der Waals surface area contributed by atoms with E-state index in [2.05, 4.69) is 15.5 Å². The van der Waals surface area contributed by atoms with Crippen molar-refractivity contribution >= 4 is 29.3 Å². The number of carboxylic acids is 1. The Hall–Kier alpha value is -3.13. The second kappa shape index (κ2) is 8.71. The van der Waals surface area contributed by atoms with Crippen molar-refractivity contribution in [2.24, 2.45) is 0 Å². The molecule has 2 N–H and O–H groups in total. The van der Waals surface area contributed by atoms with Crippen molar-refractivity contribution in [3.05, 3.63) is 60.2 Å². The molecule has 0 saturated heterocycles. The van der Waals surface area contributed by atoms with Gasteiger partial charge >= 0.3 is 5.97 Å². The molecule has 1 amide bonds. The first kappa shape index (κ1) is 19.6. The highest BCUT2D eigenvalue weighted by atomic mass is 32.2. The van der Waals surface area contributed by atoms with E-state index in [-0.39, 0.29) is 23.3 Å². The zero-order valence-corrected chi connectivity index (χ0v) is 16.3. The summed E-state index contributed by atoms with van der Waals surface area (Å²) in [5.41, 5.74) is 1.53. The maximum Gasteiger partial charge on any atom is 0.335 e. The Bertz CT molecular complexity index is 986. The highest BCUT2D eigenvalue weighted by Gasteiger charge is 2.17. The second-order valence-electron chi connectivity index (χ2n) is 6.36. The SMILES string of the molecule is CC(C)n1c(SCC(=O)Nc2cccc(C(=O)O)c2)nnc1-c1ccccc1. The van der Waals surface area contributed by atoms with E-state index < -0.39 is 5.97 Å². The lowest BCUT2D eigenvalue weighted by atomic mass is 10.2. The molecule has 0 unspecified atom stereocenters. The van der Waals surface area contributed by atoms with Gasteiger partial charge in [0.1, 0.15) is 0 Å². The number of nitrogens with one attached hydrogen (secondary N) is 1. The minimum atomic E-state index is -1.04. The molecular weight excluding hydrogens is 376 g/mol. The number of nitrogens with zero attached hydrogens (tertiary/aromatic N) is 3. The van der Waals surface area contributed by atoms with Gasteiger partial charge in [-0.1, -0.05) is 48.2 Å². The summed E-state index contributed by atoms with van der Waals surface area (Å²) in [7, 11) is 0. The van der Waals surface area contributed by atoms with E-state index in [1.165, 1.54) is 23.9 Å². The van der Waals surface area contributed by atoms with Crippen LogP contribution in [-0.2, 0) is 4.79 Å². The van der Waals surface area contributed by atoms with E-state index in [9.17, 15) is 9.59 Å². The highest BCUT2D eigenvalue weighted by molar-refractivity contribution is 7.99. The number of thioether (sulfide) groups is 1. The first-order chi connectivity index (χ1) is 13.5. The lowest BCUT2D eigenvalue weighted by Crippen LogP contribution is -2.15. The zero-order chi connectivity index (χ0) is 20.1. The molecule has 0 fully saturated rings. The quantitative estimate of drug-likeness (QED) is 0.587. The number of hydrogen-bond acceptors (Lipinski definition) is 5. The molecule has 3 aromatic rings. The molecule has 144 valence electrons. The normalized spacial score (nSPS) is 10.8. The van der Waals surface area contributed by atoms with E-state index in [1.54, 1.807) is 12.1 Å². The third kappa shape index (κ3) is 4.58. The molecule has 8 heteroatoms. The minimum absolute atomic E-state index is 0.123. The monoisotopic (exact) mass is 396 g/mol. The van der Waals surface area contributed by atoms with Gasteiger partial charge in [-0.2, -0.15) is 0 Å². The van der Waals surface area contributed by atoms with Crippen molar-refractivity contribution in [1.82, 2.24) is 14.8 Å². The Labute approximate surface area is 166 Å². The molecule has 0 aliphatic rings. The smallest absolute Gasteiger partial charge is 0.335 e. The molecule has 0 aliphatic carbocycles. The van der Waals surface area contributed by atoms with Crippen molar-refractivity contribution in [2.75, 3.05) is 11.1 Å². The van der Waals surface area contributed by atoms with Crippen LogP contribution < -0.4 is 5.32 Å². The van der Waals surface area contributed by atoms with Crippen LogP contribution in [-0.4, -0.2) is 37.5 Å². The number of aromatic carboxylic acids is 1. The van der Waals surface area contributed by atoms with Crippen molar-refractivity contribution in [3.8, 4) is 11.4 Å². The number of carboxylic acid groups (broad SMARTS) is 1. The van der Waals surface area contributed by atoms with Gasteiger partial charge in [0.25, 0.3) is 0 Å². The fraction of sp³-hybridized carbons (Fsp3) is 0.200. The predicted molar refractivity (Wildman–Crippen MR) is 109 cm³/mol. The van der Waals surface area contributed by atoms with Crippen molar-refractivity contribution in [2.45, 2.75) is 25.0 Å². The van der Waals surface area contributed by atoms with Gasteiger partial charge in [0.2, 0.25) is 5.91 Å². The summed E-state index contributed by atoms with van der Waals surface area (Å²) in [4.78, 5) is 23.3. The summed E-state index contributed by atoms with van der Waals surface area (Å²) >= 11 is 1.29. The van der Waals surface area contributed by atoms with E-state index >= 15 is 0 Å². The number of rotatable bonds is 7. The van der Waals surface area contributed by atoms with Crippen molar-refractivity contribution < 1.29 is 14.7 Å². The van der Waals surface area contributed by atoms with E-state index in [4.69, 9.17) is 5.11 Å². The third-order valence-corrected chi connectivity index (χ3v) is 4.88. The summed E-state index contributed by atoms with van der Waals surface area (Å²) in [6, 6.07) is 16.0. The Morgan fingerprint density at radius 2 is 1.86 bits per heavy atom. The molecule has 3 rings (SSSR count). The summed E-state index contributed by atoms with van der Waals surface area (Å²) in [6.07, 6.45) is 0. The number of amides is 1. The molecule has 0 saturated carbocycles. The minimum Gasteiger partial charge on any atom is -0.478 e. The molecule has 1 heterocycles.